The fourth-order valence-corrected chi connectivity index (χ4v) is 6.64. The molecule has 5 aliphatic rings. The van der Waals surface area contributed by atoms with Gasteiger partial charge in [0.1, 0.15) is 11.3 Å². The Morgan fingerprint density at radius 2 is 1.85 bits per heavy atom. The van der Waals surface area contributed by atoms with Crippen LogP contribution in [0.5, 0.6) is 5.75 Å². The highest BCUT2D eigenvalue weighted by atomic mass is 17.3. The Kier molecular flexibility index (Phi) is 4.77. The number of aryl methyl sites for hydroxylation is 1. The Hall–Kier alpha value is -1.93. The summed E-state index contributed by atoms with van der Waals surface area (Å²) < 4.78 is 24.8. The topological polar surface area (TPSA) is 76.4 Å². The van der Waals surface area contributed by atoms with Gasteiger partial charge in [0.05, 0.1) is 0 Å². The van der Waals surface area contributed by atoms with Gasteiger partial charge in [-0.3, -0.25) is 0 Å². The SMILES string of the molecule is Cc1c(C)c2ccc(O[C@H]3O[C@@H]4O[C@@]5(C)CC[C@H]6[C@H](C)CC[C@@H]([C@H]3C)[C@@]46OO5)cc2oc1=O. The third-order valence-corrected chi connectivity index (χ3v) is 8.78. The maximum atomic E-state index is 12.2. The second kappa shape index (κ2) is 7.28. The minimum absolute atomic E-state index is 0.0633. The molecular formula is C26H32O7. The predicted octanol–water partition coefficient (Wildman–Crippen LogP) is 5.00. The van der Waals surface area contributed by atoms with Crippen LogP contribution < -0.4 is 10.4 Å². The van der Waals surface area contributed by atoms with Crippen molar-refractivity contribution in [2.45, 2.75) is 84.3 Å². The van der Waals surface area contributed by atoms with E-state index in [0.717, 1.165) is 36.6 Å². The lowest BCUT2D eigenvalue weighted by atomic mass is 9.58. The molecule has 178 valence electrons. The second-order valence-corrected chi connectivity index (χ2v) is 10.7. The summed E-state index contributed by atoms with van der Waals surface area (Å²) in [6.07, 6.45) is 2.85. The minimum atomic E-state index is -0.815. The van der Waals surface area contributed by atoms with Gasteiger partial charge in [-0.05, 0) is 69.6 Å². The van der Waals surface area contributed by atoms with Crippen molar-refractivity contribution < 1.29 is 28.4 Å². The molecule has 1 aromatic carbocycles. The van der Waals surface area contributed by atoms with Gasteiger partial charge < -0.3 is 18.6 Å². The largest absolute Gasteiger partial charge is 0.464 e. The van der Waals surface area contributed by atoms with Crippen molar-refractivity contribution in [2.24, 2.45) is 23.7 Å². The van der Waals surface area contributed by atoms with Gasteiger partial charge in [-0.1, -0.05) is 13.8 Å². The summed E-state index contributed by atoms with van der Waals surface area (Å²) in [6.45, 7) is 10.1. The van der Waals surface area contributed by atoms with E-state index in [9.17, 15) is 4.79 Å². The van der Waals surface area contributed by atoms with Crippen LogP contribution in [0, 0.1) is 37.5 Å². The Balaban J connectivity index is 1.34. The lowest BCUT2D eigenvalue weighted by Gasteiger charge is -2.60. The summed E-state index contributed by atoms with van der Waals surface area (Å²) in [4.78, 5) is 24.2. The number of hydrogen-bond acceptors (Lipinski definition) is 7. The molecule has 7 heteroatoms. The number of rotatable bonds is 2. The molecule has 33 heavy (non-hydrogen) atoms. The highest BCUT2D eigenvalue weighted by Crippen LogP contribution is 2.60. The quantitative estimate of drug-likeness (QED) is 0.465. The van der Waals surface area contributed by atoms with Crippen molar-refractivity contribution in [3.63, 3.8) is 0 Å². The number of fused-ring (bicyclic) bond motifs is 3. The normalized spacial score (nSPS) is 42.1. The molecule has 1 aliphatic carbocycles. The summed E-state index contributed by atoms with van der Waals surface area (Å²) in [5.74, 6) is 0.867. The maximum absolute atomic E-state index is 12.2. The smallest absolute Gasteiger partial charge is 0.339 e. The first-order chi connectivity index (χ1) is 15.7. The monoisotopic (exact) mass is 456 g/mol. The van der Waals surface area contributed by atoms with Gasteiger partial charge in [-0.2, -0.15) is 0 Å². The van der Waals surface area contributed by atoms with Crippen molar-refractivity contribution in [1.29, 1.82) is 0 Å². The van der Waals surface area contributed by atoms with Crippen LogP contribution in [-0.2, 0) is 19.2 Å². The van der Waals surface area contributed by atoms with Crippen molar-refractivity contribution >= 4 is 11.0 Å². The van der Waals surface area contributed by atoms with Crippen LogP contribution in [0.4, 0.5) is 0 Å². The third kappa shape index (κ3) is 3.05. The van der Waals surface area contributed by atoms with Gasteiger partial charge >= 0.3 is 5.63 Å². The molecule has 5 fully saturated rings. The number of hydrogen-bond donors (Lipinski definition) is 0. The van der Waals surface area contributed by atoms with E-state index >= 15 is 0 Å². The molecule has 1 spiro atoms. The Bertz CT molecular complexity index is 1160. The highest BCUT2D eigenvalue weighted by Gasteiger charge is 2.69. The first kappa shape index (κ1) is 21.6. The zero-order valence-corrected chi connectivity index (χ0v) is 19.9. The molecular weight excluding hydrogens is 424 g/mol. The van der Waals surface area contributed by atoms with Crippen molar-refractivity contribution in [2.75, 3.05) is 0 Å². The van der Waals surface area contributed by atoms with Crippen LogP contribution >= 0.6 is 0 Å². The lowest BCUT2D eigenvalue weighted by Crippen LogP contribution is -2.70. The molecule has 1 saturated carbocycles. The van der Waals surface area contributed by atoms with E-state index < -0.39 is 24.0 Å². The van der Waals surface area contributed by atoms with Crippen molar-refractivity contribution in [3.05, 3.63) is 39.7 Å². The van der Waals surface area contributed by atoms with E-state index in [2.05, 4.69) is 13.8 Å². The van der Waals surface area contributed by atoms with Crippen LogP contribution in [0.15, 0.2) is 27.4 Å². The van der Waals surface area contributed by atoms with E-state index in [1.165, 1.54) is 0 Å². The molecule has 0 radical (unpaired) electrons. The standard InChI is InChI=1S/C26H32O7/c1-13-6-9-20-16(4)23(30-24-26(20)19(13)10-11-25(5,31-24)32-33-26)28-17-7-8-18-14(2)15(3)22(27)29-21(18)12-17/h7-8,12-13,16,19-20,23-24H,6,9-11H2,1-5H3/t13-,16-,19+,20+,23+,24-,25-,26-/m1/s1. The molecule has 7 nitrogen and oxygen atoms in total. The summed E-state index contributed by atoms with van der Waals surface area (Å²) >= 11 is 0. The average Bonchev–Trinajstić information content (AvgIpc) is 3.01. The van der Waals surface area contributed by atoms with Crippen LogP contribution in [-0.4, -0.2) is 24.0 Å². The lowest BCUT2D eigenvalue weighted by molar-refractivity contribution is -0.575. The highest BCUT2D eigenvalue weighted by molar-refractivity contribution is 5.82. The van der Waals surface area contributed by atoms with Gasteiger partial charge in [0.15, 0.2) is 11.9 Å². The van der Waals surface area contributed by atoms with Gasteiger partial charge in [-0.15, -0.1) is 0 Å². The van der Waals surface area contributed by atoms with Gasteiger partial charge in [0.2, 0.25) is 12.1 Å². The van der Waals surface area contributed by atoms with Crippen LogP contribution in [0.3, 0.4) is 0 Å². The molecule has 8 atom stereocenters. The average molecular weight is 457 g/mol. The minimum Gasteiger partial charge on any atom is -0.464 e. The fourth-order valence-electron chi connectivity index (χ4n) is 6.64. The number of benzene rings is 1. The van der Waals surface area contributed by atoms with E-state index in [1.54, 1.807) is 13.0 Å². The Labute approximate surface area is 193 Å². The number of ether oxygens (including phenoxy) is 3. The molecule has 5 heterocycles. The van der Waals surface area contributed by atoms with Gasteiger partial charge in [0.25, 0.3) is 0 Å². The first-order valence-electron chi connectivity index (χ1n) is 12.1. The van der Waals surface area contributed by atoms with E-state index in [4.69, 9.17) is 28.4 Å². The van der Waals surface area contributed by atoms with Crippen molar-refractivity contribution in [1.82, 2.24) is 0 Å². The van der Waals surface area contributed by atoms with Crippen molar-refractivity contribution in [3.8, 4) is 5.75 Å². The summed E-state index contributed by atoms with van der Waals surface area (Å²) in [5.41, 5.74) is 1.13. The predicted molar refractivity (Wildman–Crippen MR) is 119 cm³/mol. The molecule has 0 N–H and O–H groups in total. The summed E-state index contributed by atoms with van der Waals surface area (Å²) in [6, 6.07) is 5.61. The van der Waals surface area contributed by atoms with Gasteiger partial charge in [0, 0.05) is 35.3 Å². The van der Waals surface area contributed by atoms with E-state index in [1.807, 2.05) is 26.0 Å². The fraction of sp³-hybridized carbons (Fsp3) is 0.654. The summed E-state index contributed by atoms with van der Waals surface area (Å²) in [5, 5.41) is 0.906. The van der Waals surface area contributed by atoms with Crippen LogP contribution in [0.2, 0.25) is 0 Å². The molecule has 7 rings (SSSR count). The molecule has 2 aromatic rings. The van der Waals surface area contributed by atoms with E-state index in [-0.39, 0.29) is 17.5 Å². The molecule has 4 saturated heterocycles. The molecule has 0 amide bonds. The molecule has 1 aromatic heterocycles. The zero-order chi connectivity index (χ0) is 23.1. The van der Waals surface area contributed by atoms with Crippen LogP contribution in [0.1, 0.15) is 57.6 Å². The van der Waals surface area contributed by atoms with Crippen LogP contribution in [0.25, 0.3) is 11.0 Å². The molecule has 4 aliphatic heterocycles. The molecule has 2 bridgehead atoms. The zero-order valence-electron chi connectivity index (χ0n) is 19.9. The van der Waals surface area contributed by atoms with E-state index in [0.29, 0.717) is 28.7 Å². The Morgan fingerprint density at radius 1 is 1.03 bits per heavy atom. The summed E-state index contributed by atoms with van der Waals surface area (Å²) in [7, 11) is 0. The second-order valence-electron chi connectivity index (χ2n) is 10.7. The molecule has 0 unspecified atom stereocenters. The first-order valence-corrected chi connectivity index (χ1v) is 12.1. The maximum Gasteiger partial charge on any atom is 0.339 e. The third-order valence-electron chi connectivity index (χ3n) is 8.78. The Morgan fingerprint density at radius 3 is 2.67 bits per heavy atom. The van der Waals surface area contributed by atoms with Gasteiger partial charge in [-0.25, -0.2) is 14.6 Å².